The van der Waals surface area contributed by atoms with Gasteiger partial charge in [0.2, 0.25) is 5.91 Å². The zero-order chi connectivity index (χ0) is 19.6. The molecule has 0 spiro atoms. The number of alkyl halides is 2. The van der Waals surface area contributed by atoms with Crippen molar-refractivity contribution in [2.75, 3.05) is 12.4 Å². The smallest absolute Gasteiger partial charge is 0.320 e. The molecule has 10 heteroatoms. The average molecular weight is 396 g/mol. The molecule has 2 heterocycles. The van der Waals surface area contributed by atoms with Gasteiger partial charge in [0.05, 0.1) is 24.1 Å². The predicted octanol–water partition coefficient (Wildman–Crippen LogP) is 4.04. The molecule has 1 amide bonds. The molecule has 27 heavy (non-hydrogen) atoms. The van der Waals surface area contributed by atoms with E-state index < -0.39 is 18.3 Å². The van der Waals surface area contributed by atoms with E-state index >= 15 is 0 Å². The predicted molar refractivity (Wildman–Crippen MR) is 94.6 cm³/mol. The van der Waals surface area contributed by atoms with E-state index in [1.807, 2.05) is 0 Å². The molecule has 1 N–H and O–H groups in total. The van der Waals surface area contributed by atoms with Gasteiger partial charge in [-0.15, -0.1) is 0 Å². The van der Waals surface area contributed by atoms with Crippen molar-refractivity contribution in [1.82, 2.24) is 14.5 Å². The number of imidazole rings is 1. The number of anilines is 1. The van der Waals surface area contributed by atoms with Crippen LogP contribution in [0.1, 0.15) is 17.8 Å². The van der Waals surface area contributed by atoms with Crippen LogP contribution in [0.15, 0.2) is 30.6 Å². The number of amides is 1. The summed E-state index contributed by atoms with van der Waals surface area (Å²) < 4.78 is 45.3. The van der Waals surface area contributed by atoms with Crippen LogP contribution in [0.25, 0.3) is 10.7 Å². The van der Waals surface area contributed by atoms with Crippen LogP contribution >= 0.6 is 11.3 Å². The van der Waals surface area contributed by atoms with Gasteiger partial charge in [0.1, 0.15) is 0 Å². The Morgan fingerprint density at radius 3 is 2.85 bits per heavy atom. The Morgan fingerprint density at radius 2 is 2.19 bits per heavy atom. The van der Waals surface area contributed by atoms with Crippen LogP contribution in [-0.2, 0) is 11.2 Å². The molecule has 2 aromatic heterocycles. The maximum atomic E-state index is 13.7. The minimum atomic E-state index is -2.73. The van der Waals surface area contributed by atoms with Gasteiger partial charge < -0.3 is 10.1 Å². The molecule has 0 radical (unpaired) electrons. The van der Waals surface area contributed by atoms with Gasteiger partial charge in [-0.1, -0.05) is 17.4 Å². The maximum Gasteiger partial charge on any atom is 0.320 e. The fourth-order valence-corrected chi connectivity index (χ4v) is 3.46. The van der Waals surface area contributed by atoms with E-state index in [0.717, 1.165) is 15.9 Å². The minimum Gasteiger partial charge on any atom is -0.494 e. The first-order chi connectivity index (χ1) is 12.9. The first-order valence-corrected chi connectivity index (χ1v) is 8.61. The third kappa shape index (κ3) is 4.11. The Hall–Kier alpha value is -2.88. The number of rotatable bonds is 6. The summed E-state index contributed by atoms with van der Waals surface area (Å²) in [6, 6.07) is 4.24. The number of nitrogens with zero attached hydrogens (tertiary/aromatic N) is 3. The number of aryl methyl sites for hydroxylation is 1. The summed E-state index contributed by atoms with van der Waals surface area (Å²) >= 11 is 1.04. The Bertz CT molecular complexity index is 971. The molecule has 0 bridgehead atoms. The number of hydrogen-bond acceptors (Lipinski definition) is 5. The Balaban J connectivity index is 1.74. The molecule has 3 aromatic rings. The largest absolute Gasteiger partial charge is 0.494 e. The average Bonchev–Trinajstić information content (AvgIpc) is 3.21. The zero-order valence-corrected chi connectivity index (χ0v) is 15.2. The number of carbonyl (C=O) groups is 1. The highest BCUT2D eigenvalue weighted by atomic mass is 32.1. The van der Waals surface area contributed by atoms with Gasteiger partial charge in [0, 0.05) is 12.4 Å². The van der Waals surface area contributed by atoms with E-state index in [9.17, 15) is 18.0 Å². The van der Waals surface area contributed by atoms with Crippen LogP contribution < -0.4 is 10.1 Å². The van der Waals surface area contributed by atoms with Crippen LogP contribution in [0.2, 0.25) is 0 Å². The molecule has 3 rings (SSSR count). The second kappa shape index (κ2) is 7.78. The standard InChI is InChI=1S/C17H15F3N4O2S/c1-9-14(15-21-5-6-24(15)16(19)20)27-17(22-9)23-13(25)8-10-3-4-12(26-2)11(18)7-10/h3-7,16H,8H2,1-2H3,(H,22,23,25). The summed E-state index contributed by atoms with van der Waals surface area (Å²) in [6.07, 6.45) is 2.38. The van der Waals surface area contributed by atoms with Gasteiger partial charge >= 0.3 is 6.55 Å². The van der Waals surface area contributed by atoms with Crippen LogP contribution in [0.5, 0.6) is 5.75 Å². The van der Waals surface area contributed by atoms with Gasteiger partial charge in [-0.2, -0.15) is 8.78 Å². The number of carbonyl (C=O) groups excluding carboxylic acids is 1. The summed E-state index contributed by atoms with van der Waals surface area (Å²) in [5.41, 5.74) is 0.937. The molecule has 0 unspecified atom stereocenters. The van der Waals surface area contributed by atoms with E-state index in [4.69, 9.17) is 4.74 Å². The van der Waals surface area contributed by atoms with Crippen molar-refractivity contribution in [2.45, 2.75) is 19.9 Å². The molecule has 0 aliphatic rings. The van der Waals surface area contributed by atoms with Gasteiger partial charge in [-0.05, 0) is 24.6 Å². The topological polar surface area (TPSA) is 69.0 Å². The minimum absolute atomic E-state index is 0.0689. The number of thiazole rings is 1. The van der Waals surface area contributed by atoms with E-state index in [-0.39, 0.29) is 23.1 Å². The second-order valence-corrected chi connectivity index (χ2v) is 6.56. The van der Waals surface area contributed by atoms with E-state index in [0.29, 0.717) is 16.1 Å². The number of aromatic nitrogens is 3. The molecular formula is C17H15F3N4O2S. The Labute approximate surface area is 156 Å². The molecule has 0 atom stereocenters. The van der Waals surface area contributed by atoms with Crippen molar-refractivity contribution in [2.24, 2.45) is 0 Å². The molecule has 142 valence electrons. The highest BCUT2D eigenvalue weighted by Gasteiger charge is 2.19. The molecular weight excluding hydrogens is 381 g/mol. The fraction of sp³-hybridized carbons (Fsp3) is 0.235. The van der Waals surface area contributed by atoms with Crippen molar-refractivity contribution < 1.29 is 22.7 Å². The lowest BCUT2D eigenvalue weighted by Gasteiger charge is -2.05. The second-order valence-electron chi connectivity index (χ2n) is 5.56. The molecule has 0 aliphatic heterocycles. The summed E-state index contributed by atoms with van der Waals surface area (Å²) in [4.78, 5) is 20.8. The van der Waals surface area contributed by atoms with Crippen LogP contribution in [0.3, 0.4) is 0 Å². The molecule has 1 aromatic carbocycles. The van der Waals surface area contributed by atoms with E-state index in [1.165, 1.54) is 31.6 Å². The lowest BCUT2D eigenvalue weighted by Crippen LogP contribution is -2.14. The van der Waals surface area contributed by atoms with Crippen molar-refractivity contribution in [3.05, 3.63) is 47.7 Å². The number of nitrogens with one attached hydrogen (secondary N) is 1. The summed E-state index contributed by atoms with van der Waals surface area (Å²) in [5, 5.41) is 2.86. The van der Waals surface area contributed by atoms with Gasteiger partial charge in [0.25, 0.3) is 0 Å². The Morgan fingerprint density at radius 1 is 1.41 bits per heavy atom. The number of benzene rings is 1. The number of hydrogen-bond donors (Lipinski definition) is 1. The maximum absolute atomic E-state index is 13.7. The molecule has 0 aliphatic carbocycles. The first-order valence-electron chi connectivity index (χ1n) is 7.80. The third-order valence-electron chi connectivity index (χ3n) is 3.71. The normalized spacial score (nSPS) is 11.0. The van der Waals surface area contributed by atoms with Crippen molar-refractivity contribution in [1.29, 1.82) is 0 Å². The van der Waals surface area contributed by atoms with Gasteiger partial charge in [-0.25, -0.2) is 14.4 Å². The van der Waals surface area contributed by atoms with Crippen molar-refractivity contribution in [3.8, 4) is 16.5 Å². The number of halogens is 3. The molecule has 0 fully saturated rings. The highest BCUT2D eigenvalue weighted by molar-refractivity contribution is 7.19. The van der Waals surface area contributed by atoms with Crippen molar-refractivity contribution >= 4 is 22.4 Å². The number of ether oxygens (including phenoxy) is 1. The summed E-state index contributed by atoms with van der Waals surface area (Å²) in [7, 11) is 1.35. The van der Waals surface area contributed by atoms with Crippen LogP contribution in [-0.4, -0.2) is 27.6 Å². The SMILES string of the molecule is COc1ccc(CC(=O)Nc2nc(C)c(-c3nccn3C(F)F)s2)cc1F. The molecule has 0 saturated heterocycles. The third-order valence-corrected chi connectivity index (χ3v) is 4.77. The quantitative estimate of drug-likeness (QED) is 0.683. The molecule has 0 saturated carbocycles. The lowest BCUT2D eigenvalue weighted by atomic mass is 10.1. The highest BCUT2D eigenvalue weighted by Crippen LogP contribution is 2.33. The van der Waals surface area contributed by atoms with Crippen LogP contribution in [0, 0.1) is 12.7 Å². The van der Waals surface area contributed by atoms with Gasteiger partial charge in [-0.3, -0.25) is 9.36 Å². The fourth-order valence-electron chi connectivity index (χ4n) is 2.47. The molecule has 6 nitrogen and oxygen atoms in total. The lowest BCUT2D eigenvalue weighted by molar-refractivity contribution is -0.115. The number of methoxy groups -OCH3 is 1. The van der Waals surface area contributed by atoms with E-state index in [1.54, 1.807) is 13.0 Å². The summed E-state index contributed by atoms with van der Waals surface area (Å²) in [6.45, 7) is -1.09. The van der Waals surface area contributed by atoms with Gasteiger partial charge in [0.15, 0.2) is 22.5 Å². The zero-order valence-electron chi connectivity index (χ0n) is 14.4. The van der Waals surface area contributed by atoms with Crippen LogP contribution in [0.4, 0.5) is 18.3 Å². The Kier molecular flexibility index (Phi) is 5.45. The van der Waals surface area contributed by atoms with E-state index in [2.05, 4.69) is 15.3 Å². The monoisotopic (exact) mass is 396 g/mol. The first kappa shape index (κ1) is 18.9. The summed E-state index contributed by atoms with van der Waals surface area (Å²) in [5.74, 6) is -0.794. The van der Waals surface area contributed by atoms with Crippen molar-refractivity contribution in [3.63, 3.8) is 0 Å².